The van der Waals surface area contributed by atoms with E-state index in [-0.39, 0.29) is 62.4 Å². The summed E-state index contributed by atoms with van der Waals surface area (Å²) in [4.78, 5) is 67.7. The van der Waals surface area contributed by atoms with Gasteiger partial charge in [0.15, 0.2) is 5.78 Å². The minimum absolute atomic E-state index is 0.0228. The molecule has 0 spiro atoms. The fraction of sp³-hybridized carbons (Fsp3) is 0.302. The predicted octanol–water partition coefficient (Wildman–Crippen LogP) is 5.49. The second kappa shape index (κ2) is 18.7. The van der Waals surface area contributed by atoms with E-state index in [1.165, 1.54) is 17.0 Å². The molecule has 2 amide bonds. The van der Waals surface area contributed by atoms with E-state index in [4.69, 9.17) is 9.47 Å². The minimum Gasteiger partial charge on any atom is -0.459 e. The fourth-order valence-corrected chi connectivity index (χ4v) is 7.60. The van der Waals surface area contributed by atoms with E-state index in [0.717, 1.165) is 22.3 Å². The highest BCUT2D eigenvalue weighted by Crippen LogP contribution is 2.44. The van der Waals surface area contributed by atoms with Crippen LogP contribution in [0.4, 0.5) is 35.0 Å². The van der Waals surface area contributed by atoms with Crippen molar-refractivity contribution in [1.82, 2.24) is 15.6 Å². The number of amides is 2. The maximum absolute atomic E-state index is 15.3. The fourth-order valence-electron chi connectivity index (χ4n) is 7.52. The molecule has 3 N–H and O–H groups in total. The van der Waals surface area contributed by atoms with Crippen molar-refractivity contribution in [2.45, 2.75) is 31.3 Å². The summed E-state index contributed by atoms with van der Waals surface area (Å²) in [5.74, 6) is -2.96. The highest BCUT2D eigenvalue weighted by molar-refractivity contribution is 7.80. The van der Waals surface area contributed by atoms with Crippen LogP contribution < -0.4 is 26.0 Å². The Morgan fingerprint density at radius 1 is 0.867 bits per heavy atom. The number of ether oxygens (including phenoxy) is 2. The van der Waals surface area contributed by atoms with Gasteiger partial charge >= 0.3 is 12.1 Å². The van der Waals surface area contributed by atoms with Crippen LogP contribution in [0.1, 0.15) is 40.2 Å². The number of Topliss-reactive ketones (excluding diaryl/α,β-unsaturated/α-hetero) is 2. The smallest absolute Gasteiger partial charge is 0.414 e. The molecule has 4 aromatic rings. The predicted molar refractivity (Wildman–Crippen MR) is 221 cm³/mol. The van der Waals surface area contributed by atoms with Crippen molar-refractivity contribution in [1.29, 1.82) is 0 Å². The van der Waals surface area contributed by atoms with Crippen LogP contribution in [-0.2, 0) is 23.9 Å². The molecular weight excluding hydrogens is 802 g/mol. The molecule has 7 rings (SSSR count). The molecular formula is C43H41F3N6O7S. The molecule has 1 aliphatic carbocycles. The lowest BCUT2D eigenvalue weighted by Crippen LogP contribution is -2.49. The van der Waals surface area contributed by atoms with Gasteiger partial charge in [-0.1, -0.05) is 72.9 Å². The normalized spacial score (nSPS) is 16.0. The van der Waals surface area contributed by atoms with Crippen molar-refractivity contribution in [2.24, 2.45) is 0 Å². The number of cyclic esters (lactones) is 1. The van der Waals surface area contributed by atoms with E-state index in [9.17, 15) is 32.8 Å². The number of carbonyl (C=O) groups excluding carboxylic acids is 5. The van der Waals surface area contributed by atoms with E-state index < -0.39 is 41.2 Å². The molecule has 3 aliphatic rings. The number of carbonyl (C=O) groups is 5. The van der Waals surface area contributed by atoms with Crippen LogP contribution in [0.5, 0.6) is 0 Å². The molecule has 0 unspecified atom stereocenters. The van der Waals surface area contributed by atoms with E-state index in [1.54, 1.807) is 40.1 Å². The zero-order valence-electron chi connectivity index (χ0n) is 32.2. The van der Waals surface area contributed by atoms with Gasteiger partial charge in [0, 0.05) is 56.2 Å². The first-order chi connectivity index (χ1) is 29.0. The summed E-state index contributed by atoms with van der Waals surface area (Å²) in [6.07, 6.45) is -4.38. The zero-order valence-corrected chi connectivity index (χ0v) is 33.0. The van der Waals surface area contributed by atoms with E-state index in [0.29, 0.717) is 43.1 Å². The Bertz CT molecular complexity index is 2260. The first-order valence-corrected chi connectivity index (χ1v) is 19.7. The highest BCUT2D eigenvalue weighted by Gasteiger charge is 2.34. The maximum atomic E-state index is 15.3. The SMILES string of the molecule is O=C(CNNc1cccc(C(=O)CCC(=O)N2CCN(c3ccc(N4C[C@H](CNC(=S)C(F)F)OC4=O)cc3F)CC2)c1)C(=O)OCC1c2ccccc2-c2ccccc21. The number of ketones is 2. The van der Waals surface area contributed by atoms with Gasteiger partial charge in [-0.2, -0.15) is 0 Å². The topological polar surface area (TPSA) is 150 Å². The number of piperazine rings is 1. The molecule has 0 aromatic heterocycles. The van der Waals surface area contributed by atoms with Crippen molar-refractivity contribution in [3.05, 3.63) is 114 Å². The first-order valence-electron chi connectivity index (χ1n) is 19.3. The lowest BCUT2D eigenvalue weighted by Gasteiger charge is -2.36. The van der Waals surface area contributed by atoms with Crippen molar-refractivity contribution in [3.8, 4) is 11.1 Å². The lowest BCUT2D eigenvalue weighted by molar-refractivity contribution is -0.153. The number of benzene rings is 4. The van der Waals surface area contributed by atoms with Gasteiger partial charge in [0.1, 0.15) is 23.5 Å². The third kappa shape index (κ3) is 9.58. The molecule has 2 saturated heterocycles. The van der Waals surface area contributed by atoms with Crippen LogP contribution in [0.25, 0.3) is 11.1 Å². The number of anilines is 3. The molecule has 0 saturated carbocycles. The number of alkyl halides is 2. The van der Waals surface area contributed by atoms with E-state index >= 15 is 4.39 Å². The summed E-state index contributed by atoms with van der Waals surface area (Å²) < 4.78 is 51.3. The Hall–Kier alpha value is -6.33. The van der Waals surface area contributed by atoms with Gasteiger partial charge in [-0.3, -0.25) is 19.3 Å². The molecule has 4 aromatic carbocycles. The van der Waals surface area contributed by atoms with Crippen LogP contribution in [0.2, 0.25) is 0 Å². The zero-order chi connectivity index (χ0) is 42.3. The van der Waals surface area contributed by atoms with Gasteiger partial charge in [0.25, 0.3) is 12.2 Å². The minimum atomic E-state index is -2.83. The van der Waals surface area contributed by atoms with Gasteiger partial charge in [-0.05, 0) is 52.6 Å². The molecule has 13 nitrogen and oxygen atoms in total. The number of nitrogens with zero attached hydrogens (tertiary/aromatic N) is 3. The van der Waals surface area contributed by atoms with Crippen LogP contribution >= 0.6 is 12.2 Å². The Balaban J connectivity index is 0.818. The average Bonchev–Trinajstić information content (AvgIpc) is 3.80. The molecule has 312 valence electrons. The monoisotopic (exact) mass is 842 g/mol. The molecule has 1 atom stereocenters. The van der Waals surface area contributed by atoms with E-state index in [1.807, 2.05) is 48.5 Å². The summed E-state index contributed by atoms with van der Waals surface area (Å²) >= 11 is 4.55. The standard InChI is InChI=1S/C43H41F3N6O7S/c44-35-21-28(52-24-29(59-43(52)57)22-47-41(60)40(45)46)12-13-36(35)50-16-18-51(19-17-50)39(55)15-14-37(53)26-6-5-7-27(20-26)49-48-23-38(54)42(56)58-25-34-32-10-3-1-8-30(32)31-9-2-4-11-33(31)34/h1-13,20-21,29,34,40,48-49H,14-19,22-25H2,(H,47,60)/t29-/m0/s1. The quantitative estimate of drug-likeness (QED) is 0.0431. The van der Waals surface area contributed by atoms with Crippen LogP contribution in [-0.4, -0.2) is 104 Å². The van der Waals surface area contributed by atoms with Crippen LogP contribution in [0.15, 0.2) is 91.0 Å². The third-order valence-corrected chi connectivity index (χ3v) is 10.9. The Labute approximate surface area is 348 Å². The summed E-state index contributed by atoms with van der Waals surface area (Å²) in [6, 6.07) is 26.6. The second-order valence-corrected chi connectivity index (χ2v) is 14.8. The summed E-state index contributed by atoms with van der Waals surface area (Å²) in [5.41, 5.74) is 11.1. The number of hydrogen-bond acceptors (Lipinski definition) is 11. The van der Waals surface area contributed by atoms with E-state index in [2.05, 4.69) is 28.4 Å². The summed E-state index contributed by atoms with van der Waals surface area (Å²) in [6.45, 7) is 0.880. The second-order valence-electron chi connectivity index (χ2n) is 14.4. The number of halogens is 3. The number of esters is 1. The van der Waals surface area contributed by atoms with Crippen molar-refractivity contribution in [2.75, 3.05) is 67.6 Å². The number of thiocarbonyl (C=S) groups is 1. The van der Waals surface area contributed by atoms with Crippen molar-refractivity contribution < 1.29 is 46.6 Å². The number of rotatable bonds is 16. The molecule has 17 heteroatoms. The van der Waals surface area contributed by atoms with Crippen LogP contribution in [0, 0.1) is 5.82 Å². The van der Waals surface area contributed by atoms with Gasteiger partial charge in [-0.15, -0.1) is 0 Å². The highest BCUT2D eigenvalue weighted by atomic mass is 32.1. The van der Waals surface area contributed by atoms with Gasteiger partial charge in [-0.25, -0.2) is 28.2 Å². The number of hydrazine groups is 1. The lowest BCUT2D eigenvalue weighted by atomic mass is 9.98. The van der Waals surface area contributed by atoms with Crippen molar-refractivity contribution in [3.63, 3.8) is 0 Å². The molecule has 0 radical (unpaired) electrons. The maximum Gasteiger partial charge on any atom is 0.414 e. The van der Waals surface area contributed by atoms with Gasteiger partial charge in [0.05, 0.1) is 31.0 Å². The molecule has 2 fully saturated rings. The first kappa shape index (κ1) is 41.8. The number of fused-ring (bicyclic) bond motifs is 3. The van der Waals surface area contributed by atoms with Gasteiger partial charge < -0.3 is 30.0 Å². The van der Waals surface area contributed by atoms with Gasteiger partial charge in [0.2, 0.25) is 5.91 Å². The van der Waals surface area contributed by atoms with Crippen molar-refractivity contribution >= 4 is 63.8 Å². The third-order valence-electron chi connectivity index (χ3n) is 10.6. The number of hydrogen-bond donors (Lipinski definition) is 3. The Morgan fingerprint density at radius 2 is 1.57 bits per heavy atom. The molecule has 0 bridgehead atoms. The largest absolute Gasteiger partial charge is 0.459 e. The Kier molecular flexibility index (Phi) is 13.0. The summed E-state index contributed by atoms with van der Waals surface area (Å²) in [5, 5.41) is 2.37. The average molecular weight is 843 g/mol. The van der Waals surface area contributed by atoms with Crippen LogP contribution in [0.3, 0.4) is 0 Å². The Morgan fingerprint density at radius 3 is 2.25 bits per heavy atom. The number of nitrogens with one attached hydrogen (secondary N) is 3. The molecule has 2 aliphatic heterocycles. The summed E-state index contributed by atoms with van der Waals surface area (Å²) in [7, 11) is 0. The molecule has 2 heterocycles. The molecule has 60 heavy (non-hydrogen) atoms.